The van der Waals surface area contributed by atoms with Crippen LogP contribution in [0.3, 0.4) is 0 Å². The molecule has 0 amide bonds. The normalized spacial score (nSPS) is 14.7. The van der Waals surface area contributed by atoms with Crippen molar-refractivity contribution in [1.82, 2.24) is 0 Å². The van der Waals surface area contributed by atoms with Crippen LogP contribution in [0.4, 0.5) is 5.69 Å². The standard InChI is InChI=1S/C13H19NO4S/c1-4-9-13(2,12(15)16)14-10-5-7-11(8-6-10)19(3,17)18/h5-8,14H,4,9H2,1-3H3,(H,15,16). The monoisotopic (exact) mass is 285 g/mol. The van der Waals surface area contributed by atoms with Crippen molar-refractivity contribution in [2.45, 2.75) is 37.1 Å². The molecule has 0 aromatic heterocycles. The fourth-order valence-corrected chi connectivity index (χ4v) is 2.46. The minimum Gasteiger partial charge on any atom is -0.480 e. The topological polar surface area (TPSA) is 83.5 Å². The Hall–Kier alpha value is -1.56. The van der Waals surface area contributed by atoms with Crippen molar-refractivity contribution >= 4 is 21.5 Å². The van der Waals surface area contributed by atoms with Crippen molar-refractivity contribution in [2.75, 3.05) is 11.6 Å². The summed E-state index contributed by atoms with van der Waals surface area (Å²) in [6.45, 7) is 3.53. The van der Waals surface area contributed by atoms with E-state index in [1.807, 2.05) is 6.92 Å². The van der Waals surface area contributed by atoms with Gasteiger partial charge < -0.3 is 10.4 Å². The zero-order valence-corrected chi connectivity index (χ0v) is 12.1. The highest BCUT2D eigenvalue weighted by Gasteiger charge is 2.31. The SMILES string of the molecule is CCCC(C)(Nc1ccc(S(C)(=O)=O)cc1)C(=O)O. The highest BCUT2D eigenvalue weighted by atomic mass is 32.2. The van der Waals surface area contributed by atoms with E-state index in [0.29, 0.717) is 12.1 Å². The average molecular weight is 285 g/mol. The summed E-state index contributed by atoms with van der Waals surface area (Å²) in [5.41, 5.74) is -0.466. The molecule has 106 valence electrons. The van der Waals surface area contributed by atoms with E-state index >= 15 is 0 Å². The lowest BCUT2D eigenvalue weighted by Crippen LogP contribution is -2.43. The Balaban J connectivity index is 2.96. The minimum absolute atomic E-state index is 0.213. The van der Waals surface area contributed by atoms with Crippen LogP contribution in [0.25, 0.3) is 0 Å². The second-order valence-electron chi connectivity index (χ2n) is 4.81. The lowest BCUT2D eigenvalue weighted by Gasteiger charge is -2.27. The maximum absolute atomic E-state index is 11.3. The van der Waals surface area contributed by atoms with E-state index < -0.39 is 21.3 Å². The number of hydrogen-bond acceptors (Lipinski definition) is 4. The zero-order chi connectivity index (χ0) is 14.7. The van der Waals surface area contributed by atoms with Crippen LogP contribution in [-0.4, -0.2) is 31.3 Å². The van der Waals surface area contributed by atoms with Gasteiger partial charge in [0.25, 0.3) is 0 Å². The molecule has 1 aromatic carbocycles. The highest BCUT2D eigenvalue weighted by Crippen LogP contribution is 2.22. The second-order valence-corrected chi connectivity index (χ2v) is 6.82. The van der Waals surface area contributed by atoms with E-state index in [2.05, 4.69) is 5.32 Å². The molecule has 0 fully saturated rings. The van der Waals surface area contributed by atoms with Crippen molar-refractivity contribution < 1.29 is 18.3 Å². The first-order valence-corrected chi connectivity index (χ1v) is 7.90. The molecule has 5 nitrogen and oxygen atoms in total. The number of benzene rings is 1. The molecule has 2 N–H and O–H groups in total. The van der Waals surface area contributed by atoms with E-state index in [-0.39, 0.29) is 4.90 Å². The number of carboxylic acid groups (broad SMARTS) is 1. The summed E-state index contributed by atoms with van der Waals surface area (Å²) in [5, 5.41) is 12.2. The Labute approximate surface area is 113 Å². The van der Waals surface area contributed by atoms with Gasteiger partial charge in [0, 0.05) is 11.9 Å². The van der Waals surface area contributed by atoms with Crippen LogP contribution in [0.15, 0.2) is 29.2 Å². The van der Waals surface area contributed by atoms with Crippen LogP contribution < -0.4 is 5.32 Å². The summed E-state index contributed by atoms with van der Waals surface area (Å²) in [7, 11) is -3.23. The Morgan fingerprint density at radius 2 is 1.84 bits per heavy atom. The molecule has 0 aliphatic heterocycles. The molecule has 0 spiro atoms. The van der Waals surface area contributed by atoms with E-state index in [0.717, 1.165) is 12.7 Å². The van der Waals surface area contributed by atoms with Gasteiger partial charge in [0.15, 0.2) is 9.84 Å². The van der Waals surface area contributed by atoms with Gasteiger partial charge >= 0.3 is 5.97 Å². The molecule has 0 aliphatic carbocycles. The van der Waals surface area contributed by atoms with Crippen LogP contribution in [0.5, 0.6) is 0 Å². The van der Waals surface area contributed by atoms with E-state index in [1.54, 1.807) is 19.1 Å². The maximum Gasteiger partial charge on any atom is 0.329 e. The highest BCUT2D eigenvalue weighted by molar-refractivity contribution is 7.90. The third kappa shape index (κ3) is 3.96. The second kappa shape index (κ2) is 5.61. The lowest BCUT2D eigenvalue weighted by atomic mass is 9.96. The summed E-state index contributed by atoms with van der Waals surface area (Å²) in [5.74, 6) is -0.929. The van der Waals surface area contributed by atoms with Gasteiger partial charge in [0.1, 0.15) is 5.54 Å². The van der Waals surface area contributed by atoms with Crippen molar-refractivity contribution in [1.29, 1.82) is 0 Å². The number of carbonyl (C=O) groups is 1. The third-order valence-electron chi connectivity index (χ3n) is 2.92. The summed E-state index contributed by atoms with van der Waals surface area (Å²) < 4.78 is 22.7. The summed E-state index contributed by atoms with van der Waals surface area (Å²) in [6, 6.07) is 6.08. The molecular weight excluding hydrogens is 266 g/mol. The quantitative estimate of drug-likeness (QED) is 0.836. The van der Waals surface area contributed by atoms with Crippen LogP contribution in [0.2, 0.25) is 0 Å². The smallest absolute Gasteiger partial charge is 0.329 e. The van der Waals surface area contributed by atoms with E-state index in [1.165, 1.54) is 12.1 Å². The predicted octanol–water partition coefficient (Wildman–Crippen LogP) is 2.15. The number of carboxylic acids is 1. The number of sulfone groups is 1. The zero-order valence-electron chi connectivity index (χ0n) is 11.3. The third-order valence-corrected chi connectivity index (χ3v) is 4.05. The van der Waals surface area contributed by atoms with Gasteiger partial charge in [-0.1, -0.05) is 13.3 Å². The van der Waals surface area contributed by atoms with E-state index in [9.17, 15) is 18.3 Å². The number of anilines is 1. The Morgan fingerprint density at radius 3 is 2.21 bits per heavy atom. The largest absolute Gasteiger partial charge is 0.480 e. The van der Waals surface area contributed by atoms with Gasteiger partial charge in [0.05, 0.1) is 4.90 Å². The van der Waals surface area contributed by atoms with Crippen LogP contribution >= 0.6 is 0 Å². The number of aliphatic carboxylic acids is 1. The van der Waals surface area contributed by atoms with Gasteiger partial charge in [-0.15, -0.1) is 0 Å². The summed E-state index contributed by atoms with van der Waals surface area (Å²) in [4.78, 5) is 11.5. The average Bonchev–Trinajstić information content (AvgIpc) is 2.28. The molecule has 1 aromatic rings. The molecule has 19 heavy (non-hydrogen) atoms. The molecule has 0 saturated carbocycles. The van der Waals surface area contributed by atoms with Gasteiger partial charge in [-0.3, -0.25) is 0 Å². The van der Waals surface area contributed by atoms with Gasteiger partial charge in [-0.2, -0.15) is 0 Å². The van der Waals surface area contributed by atoms with Crippen LogP contribution in [0, 0.1) is 0 Å². The van der Waals surface area contributed by atoms with Crippen LogP contribution in [-0.2, 0) is 14.6 Å². The first-order chi connectivity index (χ1) is 8.69. The fraction of sp³-hybridized carbons (Fsp3) is 0.462. The molecule has 0 heterocycles. The van der Waals surface area contributed by atoms with Crippen LogP contribution in [0.1, 0.15) is 26.7 Å². The Morgan fingerprint density at radius 1 is 1.32 bits per heavy atom. The number of hydrogen-bond donors (Lipinski definition) is 2. The Kier molecular flexibility index (Phi) is 4.57. The molecule has 0 saturated heterocycles. The molecule has 1 unspecified atom stereocenters. The van der Waals surface area contributed by atoms with Crippen molar-refractivity contribution in [2.24, 2.45) is 0 Å². The maximum atomic E-state index is 11.3. The van der Waals surface area contributed by atoms with Gasteiger partial charge in [0.2, 0.25) is 0 Å². The molecular formula is C13H19NO4S. The molecule has 0 radical (unpaired) electrons. The summed E-state index contributed by atoms with van der Waals surface area (Å²) >= 11 is 0. The molecule has 1 rings (SSSR count). The Bertz CT molecular complexity index is 551. The van der Waals surface area contributed by atoms with Crippen molar-refractivity contribution in [3.05, 3.63) is 24.3 Å². The lowest BCUT2D eigenvalue weighted by molar-refractivity contribution is -0.141. The molecule has 0 bridgehead atoms. The van der Waals surface area contributed by atoms with Crippen molar-refractivity contribution in [3.63, 3.8) is 0 Å². The fourth-order valence-electron chi connectivity index (χ4n) is 1.83. The van der Waals surface area contributed by atoms with Gasteiger partial charge in [-0.05, 0) is 37.6 Å². The predicted molar refractivity (Wildman–Crippen MR) is 74.1 cm³/mol. The van der Waals surface area contributed by atoms with Crippen molar-refractivity contribution in [3.8, 4) is 0 Å². The molecule has 0 aliphatic rings. The number of rotatable bonds is 6. The first-order valence-electron chi connectivity index (χ1n) is 6.01. The van der Waals surface area contributed by atoms with E-state index in [4.69, 9.17) is 0 Å². The molecule has 6 heteroatoms. The van der Waals surface area contributed by atoms with Gasteiger partial charge in [-0.25, -0.2) is 13.2 Å². The minimum atomic E-state index is -3.23. The molecule has 1 atom stereocenters. The first kappa shape index (κ1) is 15.5. The summed E-state index contributed by atoms with van der Waals surface area (Å²) in [6.07, 6.45) is 2.35. The number of nitrogens with one attached hydrogen (secondary N) is 1.